The zero-order valence-corrected chi connectivity index (χ0v) is 14.4. The van der Waals surface area contributed by atoms with E-state index in [1.807, 2.05) is 0 Å². The van der Waals surface area contributed by atoms with E-state index in [9.17, 15) is 18.3 Å². The maximum Gasteiger partial charge on any atom is 0.243 e. The number of benzene rings is 2. The summed E-state index contributed by atoms with van der Waals surface area (Å²) in [6.45, 7) is 0.603. The van der Waals surface area contributed by atoms with Gasteiger partial charge in [0.05, 0.1) is 10.6 Å². The Bertz CT molecular complexity index is 844. The first-order valence-electron chi connectivity index (χ1n) is 8.12. The first-order chi connectivity index (χ1) is 12.0. The summed E-state index contributed by atoms with van der Waals surface area (Å²) in [5.41, 5.74) is 0.367. The summed E-state index contributed by atoms with van der Waals surface area (Å²) in [4.78, 5) is 12.6. The number of anilines is 1. The predicted molar refractivity (Wildman–Crippen MR) is 94.7 cm³/mol. The lowest BCUT2D eigenvalue weighted by Gasteiger charge is -2.30. The van der Waals surface area contributed by atoms with Gasteiger partial charge in [-0.3, -0.25) is 4.79 Å². The molecule has 6 nitrogen and oxygen atoms in total. The van der Waals surface area contributed by atoms with Crippen molar-refractivity contribution in [3.05, 3.63) is 54.6 Å². The van der Waals surface area contributed by atoms with Crippen LogP contribution in [0.5, 0.6) is 5.75 Å². The van der Waals surface area contributed by atoms with Crippen LogP contribution in [0.1, 0.15) is 12.8 Å². The average Bonchev–Trinajstić information content (AvgIpc) is 2.64. The molecule has 7 heteroatoms. The number of hydrogen-bond donors (Lipinski definition) is 2. The van der Waals surface area contributed by atoms with Crippen molar-refractivity contribution in [2.45, 2.75) is 17.7 Å². The van der Waals surface area contributed by atoms with Gasteiger partial charge in [0.25, 0.3) is 0 Å². The summed E-state index contributed by atoms with van der Waals surface area (Å²) >= 11 is 0. The number of para-hydroxylation sites is 2. The number of piperidine rings is 1. The molecule has 2 N–H and O–H groups in total. The van der Waals surface area contributed by atoms with Gasteiger partial charge in [-0.2, -0.15) is 4.31 Å². The summed E-state index contributed by atoms with van der Waals surface area (Å²) < 4.78 is 26.6. The number of aromatic hydroxyl groups is 1. The van der Waals surface area contributed by atoms with Crippen LogP contribution >= 0.6 is 0 Å². The van der Waals surface area contributed by atoms with Crippen LogP contribution in [0.25, 0.3) is 0 Å². The third kappa shape index (κ3) is 3.83. The summed E-state index contributed by atoms with van der Waals surface area (Å²) in [6, 6.07) is 14.8. The molecule has 132 valence electrons. The van der Waals surface area contributed by atoms with Gasteiger partial charge < -0.3 is 10.4 Å². The number of nitrogens with zero attached hydrogens (tertiary/aromatic N) is 1. The lowest BCUT2D eigenvalue weighted by molar-refractivity contribution is -0.120. The number of sulfonamides is 1. The van der Waals surface area contributed by atoms with Crippen LogP contribution in [0.3, 0.4) is 0 Å². The fourth-order valence-corrected chi connectivity index (χ4v) is 4.40. The fraction of sp³-hybridized carbons (Fsp3) is 0.278. The molecule has 0 radical (unpaired) electrons. The predicted octanol–water partition coefficient (Wildman–Crippen LogP) is 2.43. The van der Waals surface area contributed by atoms with E-state index >= 15 is 0 Å². The maximum absolute atomic E-state index is 12.6. The molecule has 0 spiro atoms. The van der Waals surface area contributed by atoms with Gasteiger partial charge in [0.2, 0.25) is 15.9 Å². The van der Waals surface area contributed by atoms with E-state index in [0.717, 1.165) is 0 Å². The molecule has 2 aromatic carbocycles. The van der Waals surface area contributed by atoms with E-state index in [1.165, 1.54) is 10.4 Å². The maximum atomic E-state index is 12.6. The summed E-state index contributed by atoms with van der Waals surface area (Å²) in [5.74, 6) is -0.458. The normalized spacial score (nSPS) is 16.5. The van der Waals surface area contributed by atoms with E-state index in [4.69, 9.17) is 0 Å². The monoisotopic (exact) mass is 360 g/mol. The number of amides is 1. The van der Waals surface area contributed by atoms with Crippen molar-refractivity contribution in [3.8, 4) is 5.75 Å². The molecule has 1 aliphatic heterocycles. The van der Waals surface area contributed by atoms with Crippen LogP contribution in [-0.2, 0) is 14.8 Å². The standard InChI is InChI=1S/C18H20N2O4S/c21-17-9-5-4-8-16(17)19-18(22)14-10-12-20(13-11-14)25(23,24)15-6-2-1-3-7-15/h1-9,14,21H,10-13H2,(H,19,22). The Morgan fingerprint density at radius 2 is 1.60 bits per heavy atom. The molecule has 25 heavy (non-hydrogen) atoms. The molecule has 1 heterocycles. The lowest BCUT2D eigenvalue weighted by Crippen LogP contribution is -2.41. The van der Waals surface area contributed by atoms with Gasteiger partial charge in [-0.25, -0.2) is 8.42 Å². The van der Waals surface area contributed by atoms with E-state index in [0.29, 0.717) is 31.6 Å². The number of phenols is 1. The molecular weight excluding hydrogens is 340 g/mol. The Hall–Kier alpha value is -2.38. The van der Waals surface area contributed by atoms with Crippen LogP contribution in [-0.4, -0.2) is 36.8 Å². The molecule has 0 aliphatic carbocycles. The Kier molecular flexibility index (Phi) is 5.06. The van der Waals surface area contributed by atoms with Gasteiger partial charge in [-0.15, -0.1) is 0 Å². The third-order valence-electron chi connectivity index (χ3n) is 4.37. The summed E-state index contributed by atoms with van der Waals surface area (Å²) in [5, 5.41) is 12.4. The smallest absolute Gasteiger partial charge is 0.243 e. The van der Waals surface area contributed by atoms with Crippen molar-refractivity contribution < 1.29 is 18.3 Å². The molecular formula is C18H20N2O4S. The van der Waals surface area contributed by atoms with Crippen LogP contribution in [0.4, 0.5) is 5.69 Å². The zero-order valence-electron chi connectivity index (χ0n) is 13.6. The molecule has 1 fully saturated rings. The first-order valence-corrected chi connectivity index (χ1v) is 9.56. The highest BCUT2D eigenvalue weighted by Crippen LogP contribution is 2.27. The van der Waals surface area contributed by atoms with Crippen molar-refractivity contribution in [2.75, 3.05) is 18.4 Å². The Morgan fingerprint density at radius 1 is 1.00 bits per heavy atom. The van der Waals surface area contributed by atoms with Crippen molar-refractivity contribution in [1.29, 1.82) is 0 Å². The Labute approximate surface area is 147 Å². The molecule has 0 bridgehead atoms. The van der Waals surface area contributed by atoms with Gasteiger partial charge in [-0.1, -0.05) is 30.3 Å². The highest BCUT2D eigenvalue weighted by atomic mass is 32.2. The minimum Gasteiger partial charge on any atom is -0.506 e. The van der Waals surface area contributed by atoms with Gasteiger partial charge >= 0.3 is 0 Å². The van der Waals surface area contributed by atoms with Crippen LogP contribution < -0.4 is 5.32 Å². The van der Waals surface area contributed by atoms with Gasteiger partial charge in [-0.05, 0) is 37.1 Å². The quantitative estimate of drug-likeness (QED) is 0.820. The van der Waals surface area contributed by atoms with Crippen molar-refractivity contribution in [2.24, 2.45) is 5.92 Å². The molecule has 0 saturated carbocycles. The molecule has 2 aromatic rings. The second kappa shape index (κ2) is 7.25. The molecule has 0 unspecified atom stereocenters. The van der Waals surface area contributed by atoms with E-state index in [1.54, 1.807) is 48.5 Å². The number of rotatable bonds is 4. The molecule has 3 rings (SSSR count). The Balaban J connectivity index is 1.62. The topological polar surface area (TPSA) is 86.7 Å². The van der Waals surface area contributed by atoms with Gasteiger partial charge in [0, 0.05) is 19.0 Å². The van der Waals surface area contributed by atoms with Crippen LogP contribution in [0, 0.1) is 5.92 Å². The van der Waals surface area contributed by atoms with E-state index in [-0.39, 0.29) is 22.5 Å². The largest absolute Gasteiger partial charge is 0.506 e. The highest BCUT2D eigenvalue weighted by molar-refractivity contribution is 7.89. The lowest BCUT2D eigenvalue weighted by atomic mass is 9.97. The number of carbonyl (C=O) groups is 1. The minimum absolute atomic E-state index is 0.0138. The highest BCUT2D eigenvalue weighted by Gasteiger charge is 2.32. The number of phenolic OH excluding ortho intramolecular Hbond substituents is 1. The van der Waals surface area contributed by atoms with Crippen LogP contribution in [0.15, 0.2) is 59.5 Å². The molecule has 1 saturated heterocycles. The number of nitrogens with one attached hydrogen (secondary N) is 1. The third-order valence-corrected chi connectivity index (χ3v) is 6.28. The summed E-state index contributed by atoms with van der Waals surface area (Å²) in [7, 11) is -3.52. The molecule has 0 atom stereocenters. The van der Waals surface area contributed by atoms with Gasteiger partial charge in [0.1, 0.15) is 5.75 Å². The Morgan fingerprint density at radius 3 is 2.24 bits per heavy atom. The molecule has 1 aliphatic rings. The fourth-order valence-electron chi connectivity index (χ4n) is 2.91. The second-order valence-corrected chi connectivity index (χ2v) is 7.94. The van der Waals surface area contributed by atoms with Gasteiger partial charge in [0.15, 0.2) is 0 Å². The van der Waals surface area contributed by atoms with E-state index < -0.39 is 10.0 Å². The van der Waals surface area contributed by atoms with Crippen molar-refractivity contribution in [3.63, 3.8) is 0 Å². The SMILES string of the molecule is O=C(Nc1ccccc1O)C1CCN(S(=O)(=O)c2ccccc2)CC1. The molecule has 1 amide bonds. The van der Waals surface area contributed by atoms with Crippen molar-refractivity contribution >= 4 is 21.6 Å². The second-order valence-electron chi connectivity index (χ2n) is 6.00. The molecule has 0 aromatic heterocycles. The average molecular weight is 360 g/mol. The zero-order chi connectivity index (χ0) is 17.9. The summed E-state index contributed by atoms with van der Waals surface area (Å²) in [6.07, 6.45) is 0.900. The first kappa shape index (κ1) is 17.4. The minimum atomic E-state index is -3.52. The number of carbonyl (C=O) groups excluding carboxylic acids is 1. The van der Waals surface area contributed by atoms with Crippen molar-refractivity contribution in [1.82, 2.24) is 4.31 Å². The number of hydrogen-bond acceptors (Lipinski definition) is 4. The van der Waals surface area contributed by atoms with E-state index in [2.05, 4.69) is 5.32 Å². The van der Waals surface area contributed by atoms with Crippen LogP contribution in [0.2, 0.25) is 0 Å².